The number of aromatic nitrogens is 1. The van der Waals surface area contributed by atoms with E-state index >= 15 is 0 Å². The summed E-state index contributed by atoms with van der Waals surface area (Å²) >= 11 is 1.73. The molecule has 4 nitrogen and oxygen atoms in total. The molecule has 0 saturated carbocycles. The van der Waals surface area contributed by atoms with Gasteiger partial charge < -0.3 is 10.6 Å². The van der Waals surface area contributed by atoms with Crippen LogP contribution in [0.15, 0.2) is 6.20 Å². The molecule has 1 aromatic rings. The summed E-state index contributed by atoms with van der Waals surface area (Å²) in [6, 6.07) is 0. The lowest BCUT2D eigenvalue weighted by atomic mass is 10.1. The molecule has 1 heterocycles. The van der Waals surface area contributed by atoms with Crippen LogP contribution in [0.4, 0.5) is 0 Å². The van der Waals surface area contributed by atoms with Crippen LogP contribution in [-0.2, 0) is 17.6 Å². The molecule has 1 aromatic heterocycles. The number of thiazole rings is 1. The Morgan fingerprint density at radius 3 is 2.94 bits per heavy atom. The highest BCUT2D eigenvalue weighted by atomic mass is 32.1. The van der Waals surface area contributed by atoms with E-state index in [2.05, 4.69) is 22.5 Å². The quantitative estimate of drug-likeness (QED) is 0.770. The van der Waals surface area contributed by atoms with Crippen molar-refractivity contribution < 1.29 is 4.79 Å². The minimum Gasteiger partial charge on any atom is -0.355 e. The van der Waals surface area contributed by atoms with E-state index in [4.69, 9.17) is 0 Å². The molecule has 0 fully saturated rings. The summed E-state index contributed by atoms with van der Waals surface area (Å²) in [4.78, 5) is 17.2. The number of aryl methyl sites for hydroxylation is 1. The number of nitrogens with zero attached hydrogens (tertiary/aromatic N) is 1. The number of hydrogen-bond donors (Lipinski definition) is 2. The third-order valence-electron chi connectivity index (χ3n) is 2.55. The summed E-state index contributed by atoms with van der Waals surface area (Å²) in [6.07, 6.45) is 3.78. The van der Waals surface area contributed by atoms with Crippen molar-refractivity contribution in [2.75, 3.05) is 20.1 Å². The fraction of sp³-hybridized carbons (Fsp3) is 0.667. The van der Waals surface area contributed by atoms with Crippen LogP contribution in [0.5, 0.6) is 0 Å². The predicted octanol–water partition coefficient (Wildman–Crippen LogP) is 1.22. The van der Waals surface area contributed by atoms with Crippen LogP contribution in [0.1, 0.15) is 23.7 Å². The summed E-state index contributed by atoms with van der Waals surface area (Å²) in [5, 5.41) is 7.03. The van der Waals surface area contributed by atoms with Gasteiger partial charge in [0.1, 0.15) is 0 Å². The molecular weight excluding hydrogens is 234 g/mol. The molecule has 0 aliphatic rings. The van der Waals surface area contributed by atoms with Gasteiger partial charge in [0.15, 0.2) is 0 Å². The van der Waals surface area contributed by atoms with E-state index in [0.29, 0.717) is 13.1 Å². The second-order valence-electron chi connectivity index (χ2n) is 4.07. The normalized spacial score (nSPS) is 12.4. The first-order valence-corrected chi connectivity index (χ1v) is 6.84. The molecule has 5 heteroatoms. The number of amides is 1. The van der Waals surface area contributed by atoms with Crippen molar-refractivity contribution in [1.29, 1.82) is 0 Å². The molecule has 1 amide bonds. The smallest absolute Gasteiger partial charge is 0.224 e. The summed E-state index contributed by atoms with van der Waals surface area (Å²) in [5.41, 5.74) is 0. The molecule has 17 heavy (non-hydrogen) atoms. The standard InChI is InChI=1S/C12H21N3OS/c1-4-10-8-15-11(17-10)5-6-14-12(16)9(2)7-13-3/h8-9,13H,4-7H2,1-3H3,(H,14,16). The number of rotatable bonds is 7. The molecule has 2 N–H and O–H groups in total. The monoisotopic (exact) mass is 255 g/mol. The predicted molar refractivity (Wildman–Crippen MR) is 71.3 cm³/mol. The topological polar surface area (TPSA) is 54.0 Å². The Kier molecular flexibility index (Phi) is 6.15. The zero-order chi connectivity index (χ0) is 12.7. The van der Waals surface area contributed by atoms with Crippen molar-refractivity contribution in [2.24, 2.45) is 5.92 Å². The highest BCUT2D eigenvalue weighted by Gasteiger charge is 2.10. The maximum absolute atomic E-state index is 11.6. The number of carbonyl (C=O) groups is 1. The van der Waals surface area contributed by atoms with Gasteiger partial charge in [-0.1, -0.05) is 13.8 Å². The second kappa shape index (κ2) is 7.40. The van der Waals surface area contributed by atoms with Crippen LogP contribution in [-0.4, -0.2) is 31.0 Å². The first kappa shape index (κ1) is 14.1. The van der Waals surface area contributed by atoms with Gasteiger partial charge >= 0.3 is 0 Å². The Labute approximate surface area is 107 Å². The molecule has 1 atom stereocenters. The summed E-state index contributed by atoms with van der Waals surface area (Å²) in [7, 11) is 1.85. The summed E-state index contributed by atoms with van der Waals surface area (Å²) < 4.78 is 0. The number of nitrogens with one attached hydrogen (secondary N) is 2. The Morgan fingerprint density at radius 1 is 1.59 bits per heavy atom. The van der Waals surface area contributed by atoms with Crippen molar-refractivity contribution in [3.05, 3.63) is 16.1 Å². The lowest BCUT2D eigenvalue weighted by Crippen LogP contribution is -2.35. The van der Waals surface area contributed by atoms with Crippen LogP contribution in [0.25, 0.3) is 0 Å². The van der Waals surface area contributed by atoms with Gasteiger partial charge in [0.05, 0.1) is 5.01 Å². The summed E-state index contributed by atoms with van der Waals surface area (Å²) in [6.45, 7) is 5.43. The van der Waals surface area contributed by atoms with Crippen molar-refractivity contribution in [3.63, 3.8) is 0 Å². The van der Waals surface area contributed by atoms with E-state index in [1.54, 1.807) is 11.3 Å². The van der Waals surface area contributed by atoms with Crippen LogP contribution < -0.4 is 10.6 Å². The largest absolute Gasteiger partial charge is 0.355 e. The van der Waals surface area contributed by atoms with Gasteiger partial charge in [-0.05, 0) is 13.5 Å². The van der Waals surface area contributed by atoms with E-state index in [0.717, 1.165) is 17.8 Å². The molecule has 0 aliphatic carbocycles. The minimum atomic E-state index is 0.0162. The molecule has 0 saturated heterocycles. The molecule has 0 radical (unpaired) electrons. The van der Waals surface area contributed by atoms with Gasteiger partial charge in [-0.2, -0.15) is 0 Å². The van der Waals surface area contributed by atoms with E-state index in [1.807, 2.05) is 20.2 Å². The van der Waals surface area contributed by atoms with Crippen molar-refractivity contribution in [3.8, 4) is 0 Å². The van der Waals surface area contributed by atoms with Crippen LogP contribution in [0.2, 0.25) is 0 Å². The SMILES string of the molecule is CCc1cnc(CCNC(=O)C(C)CNC)s1. The van der Waals surface area contributed by atoms with Crippen molar-refractivity contribution >= 4 is 17.2 Å². The van der Waals surface area contributed by atoms with Gasteiger partial charge in [0.25, 0.3) is 0 Å². The Hall–Kier alpha value is -0.940. The highest BCUT2D eigenvalue weighted by Crippen LogP contribution is 2.13. The minimum absolute atomic E-state index is 0.0162. The highest BCUT2D eigenvalue weighted by molar-refractivity contribution is 7.11. The van der Waals surface area contributed by atoms with Gasteiger partial charge in [-0.3, -0.25) is 4.79 Å². The van der Waals surface area contributed by atoms with Crippen LogP contribution >= 0.6 is 11.3 Å². The van der Waals surface area contributed by atoms with E-state index < -0.39 is 0 Å². The Balaban J connectivity index is 2.25. The lowest BCUT2D eigenvalue weighted by molar-refractivity contribution is -0.124. The first-order chi connectivity index (χ1) is 8.17. The molecule has 96 valence electrons. The van der Waals surface area contributed by atoms with Gasteiger partial charge in [0, 0.05) is 36.5 Å². The molecular formula is C12H21N3OS. The third kappa shape index (κ3) is 4.83. The molecule has 1 unspecified atom stereocenters. The maximum atomic E-state index is 11.6. The fourth-order valence-electron chi connectivity index (χ4n) is 1.49. The fourth-order valence-corrected chi connectivity index (χ4v) is 2.35. The van der Waals surface area contributed by atoms with Crippen LogP contribution in [0, 0.1) is 5.92 Å². The Bertz CT molecular complexity index is 351. The lowest BCUT2D eigenvalue weighted by Gasteiger charge is -2.10. The third-order valence-corrected chi connectivity index (χ3v) is 3.75. The van der Waals surface area contributed by atoms with Crippen LogP contribution in [0.3, 0.4) is 0 Å². The average molecular weight is 255 g/mol. The van der Waals surface area contributed by atoms with Gasteiger partial charge in [-0.15, -0.1) is 11.3 Å². The molecule has 1 rings (SSSR count). The van der Waals surface area contributed by atoms with Crippen molar-refractivity contribution in [1.82, 2.24) is 15.6 Å². The second-order valence-corrected chi connectivity index (χ2v) is 5.27. The van der Waals surface area contributed by atoms with Gasteiger partial charge in [-0.25, -0.2) is 4.98 Å². The van der Waals surface area contributed by atoms with E-state index in [-0.39, 0.29) is 11.8 Å². The molecule has 0 spiro atoms. The zero-order valence-electron chi connectivity index (χ0n) is 10.7. The first-order valence-electron chi connectivity index (χ1n) is 6.03. The molecule has 0 aliphatic heterocycles. The summed E-state index contributed by atoms with van der Waals surface area (Å²) in [5.74, 6) is 0.120. The molecule has 0 aromatic carbocycles. The molecule has 0 bridgehead atoms. The number of carbonyl (C=O) groups excluding carboxylic acids is 1. The zero-order valence-corrected chi connectivity index (χ0v) is 11.6. The Morgan fingerprint density at radius 2 is 2.35 bits per heavy atom. The van der Waals surface area contributed by atoms with Crippen molar-refractivity contribution in [2.45, 2.75) is 26.7 Å². The van der Waals surface area contributed by atoms with E-state index in [1.165, 1.54) is 4.88 Å². The van der Waals surface area contributed by atoms with Gasteiger partial charge in [0.2, 0.25) is 5.91 Å². The maximum Gasteiger partial charge on any atom is 0.224 e. The van der Waals surface area contributed by atoms with E-state index in [9.17, 15) is 4.79 Å². The average Bonchev–Trinajstić information content (AvgIpc) is 2.77. The number of hydrogen-bond acceptors (Lipinski definition) is 4.